The summed E-state index contributed by atoms with van der Waals surface area (Å²) in [5, 5.41) is 12.7. The molecule has 7 heteroatoms. The van der Waals surface area contributed by atoms with Crippen LogP contribution in [0.5, 0.6) is 0 Å². The summed E-state index contributed by atoms with van der Waals surface area (Å²) in [7, 11) is 0. The van der Waals surface area contributed by atoms with Crippen LogP contribution < -0.4 is 11.1 Å². The van der Waals surface area contributed by atoms with Crippen LogP contribution in [0.1, 0.15) is 43.8 Å². The van der Waals surface area contributed by atoms with Crippen molar-refractivity contribution in [1.29, 1.82) is 0 Å². The van der Waals surface area contributed by atoms with E-state index in [4.69, 9.17) is 10.5 Å². The number of rotatable bonds is 7. The number of hydrogen-bond acceptors (Lipinski definition) is 5. The third-order valence-electron chi connectivity index (χ3n) is 5.49. The van der Waals surface area contributed by atoms with E-state index < -0.39 is 12.1 Å². The normalized spacial score (nSPS) is 23.6. The van der Waals surface area contributed by atoms with E-state index in [9.17, 15) is 14.7 Å². The van der Waals surface area contributed by atoms with Crippen molar-refractivity contribution in [3.63, 3.8) is 0 Å². The maximum atomic E-state index is 12.2. The standard InChI is InChI=1S/C20H29N3O4/c21-9-10-23-17(12-24)20(27-13-19(23)26)15-5-7-16(8-6-15)22-18(25)11-14-3-1-2-4-14/h5-8,14,17,20,24H,1-4,9-13,21H2,(H,22,25)/t17-,20-/m1/s1. The van der Waals surface area contributed by atoms with Crippen molar-refractivity contribution in [3.8, 4) is 0 Å². The minimum absolute atomic E-state index is 0.0267. The molecular formula is C20H29N3O4. The number of hydrogen-bond donors (Lipinski definition) is 3. The smallest absolute Gasteiger partial charge is 0.249 e. The zero-order chi connectivity index (χ0) is 19.2. The molecule has 0 radical (unpaired) electrons. The first-order valence-corrected chi connectivity index (χ1v) is 9.74. The van der Waals surface area contributed by atoms with E-state index in [1.807, 2.05) is 24.3 Å². The minimum Gasteiger partial charge on any atom is -0.394 e. The molecule has 0 bridgehead atoms. The van der Waals surface area contributed by atoms with Gasteiger partial charge in [-0.05, 0) is 36.5 Å². The summed E-state index contributed by atoms with van der Waals surface area (Å²) in [4.78, 5) is 25.8. The highest BCUT2D eigenvalue weighted by Gasteiger charge is 2.36. The Hall–Kier alpha value is -1.96. The number of aliphatic hydroxyl groups is 1. The van der Waals surface area contributed by atoms with E-state index in [2.05, 4.69) is 5.32 Å². The van der Waals surface area contributed by atoms with E-state index in [-0.39, 0.29) is 25.0 Å². The highest BCUT2D eigenvalue weighted by atomic mass is 16.5. The largest absolute Gasteiger partial charge is 0.394 e. The third kappa shape index (κ3) is 4.86. The van der Waals surface area contributed by atoms with Crippen molar-refractivity contribution >= 4 is 17.5 Å². The van der Waals surface area contributed by atoms with E-state index in [1.165, 1.54) is 12.8 Å². The molecule has 27 heavy (non-hydrogen) atoms. The van der Waals surface area contributed by atoms with Gasteiger partial charge in [-0.3, -0.25) is 9.59 Å². The molecule has 1 aliphatic heterocycles. The van der Waals surface area contributed by atoms with Gasteiger partial charge in [-0.1, -0.05) is 25.0 Å². The highest BCUT2D eigenvalue weighted by molar-refractivity contribution is 5.90. The van der Waals surface area contributed by atoms with Crippen LogP contribution in [-0.4, -0.2) is 54.2 Å². The number of benzene rings is 1. The fraction of sp³-hybridized carbons (Fsp3) is 0.600. The summed E-state index contributed by atoms with van der Waals surface area (Å²) >= 11 is 0. The fourth-order valence-corrected chi connectivity index (χ4v) is 4.09. The Labute approximate surface area is 159 Å². The molecule has 2 fully saturated rings. The molecule has 1 heterocycles. The molecule has 1 aromatic rings. The Bertz CT molecular complexity index is 643. The second-order valence-corrected chi connectivity index (χ2v) is 7.38. The predicted molar refractivity (Wildman–Crippen MR) is 102 cm³/mol. The first-order valence-electron chi connectivity index (χ1n) is 9.74. The van der Waals surface area contributed by atoms with Crippen LogP contribution >= 0.6 is 0 Å². The molecule has 3 rings (SSSR count). The lowest BCUT2D eigenvalue weighted by Crippen LogP contribution is -2.54. The van der Waals surface area contributed by atoms with Crippen LogP contribution in [0.3, 0.4) is 0 Å². The number of ether oxygens (including phenoxy) is 1. The monoisotopic (exact) mass is 375 g/mol. The van der Waals surface area contributed by atoms with Crippen LogP contribution in [0, 0.1) is 5.92 Å². The molecule has 1 aliphatic carbocycles. The number of amides is 2. The number of nitrogens with zero attached hydrogens (tertiary/aromatic N) is 1. The van der Waals surface area contributed by atoms with Crippen LogP contribution in [0.4, 0.5) is 5.69 Å². The van der Waals surface area contributed by atoms with Gasteiger partial charge in [0.25, 0.3) is 0 Å². The predicted octanol–water partition coefficient (Wildman–Crippen LogP) is 1.42. The van der Waals surface area contributed by atoms with Crippen LogP contribution in [0.25, 0.3) is 0 Å². The molecule has 4 N–H and O–H groups in total. The molecule has 1 aromatic carbocycles. The number of aliphatic hydroxyl groups excluding tert-OH is 1. The van der Waals surface area contributed by atoms with Gasteiger partial charge in [0.1, 0.15) is 12.7 Å². The van der Waals surface area contributed by atoms with Crippen molar-refractivity contribution in [2.45, 2.75) is 44.2 Å². The quantitative estimate of drug-likeness (QED) is 0.669. The summed E-state index contributed by atoms with van der Waals surface area (Å²) in [5.74, 6) is 0.402. The Balaban J connectivity index is 1.63. The Kier molecular flexibility index (Phi) is 6.82. The average molecular weight is 375 g/mol. The molecule has 2 aliphatic rings. The third-order valence-corrected chi connectivity index (χ3v) is 5.49. The topological polar surface area (TPSA) is 105 Å². The molecular weight excluding hydrogens is 346 g/mol. The van der Waals surface area contributed by atoms with Crippen molar-refractivity contribution in [3.05, 3.63) is 29.8 Å². The lowest BCUT2D eigenvalue weighted by Gasteiger charge is -2.40. The molecule has 0 unspecified atom stereocenters. The van der Waals surface area contributed by atoms with E-state index >= 15 is 0 Å². The van der Waals surface area contributed by atoms with Crippen LogP contribution in [0.2, 0.25) is 0 Å². The fourth-order valence-electron chi connectivity index (χ4n) is 4.09. The summed E-state index contributed by atoms with van der Waals surface area (Å²) in [6, 6.07) is 6.95. The number of nitrogens with two attached hydrogens (primary N) is 1. The Morgan fingerprint density at radius 3 is 2.59 bits per heavy atom. The van der Waals surface area contributed by atoms with Crippen LogP contribution in [0.15, 0.2) is 24.3 Å². The second-order valence-electron chi connectivity index (χ2n) is 7.38. The van der Waals surface area contributed by atoms with Crippen molar-refractivity contribution in [2.75, 3.05) is 31.6 Å². The zero-order valence-electron chi connectivity index (χ0n) is 15.6. The average Bonchev–Trinajstić information content (AvgIpc) is 3.17. The summed E-state index contributed by atoms with van der Waals surface area (Å²) in [5.41, 5.74) is 7.19. The van der Waals surface area contributed by atoms with Gasteiger partial charge in [-0.2, -0.15) is 0 Å². The minimum atomic E-state index is -0.461. The number of morpholine rings is 1. The van der Waals surface area contributed by atoms with Gasteiger partial charge in [-0.15, -0.1) is 0 Å². The van der Waals surface area contributed by atoms with E-state index in [1.54, 1.807) is 4.90 Å². The van der Waals surface area contributed by atoms with E-state index in [0.717, 1.165) is 24.1 Å². The van der Waals surface area contributed by atoms with Crippen molar-refractivity contribution < 1.29 is 19.4 Å². The van der Waals surface area contributed by atoms with Gasteiger partial charge < -0.3 is 25.8 Å². The number of anilines is 1. The molecule has 7 nitrogen and oxygen atoms in total. The molecule has 2 amide bonds. The van der Waals surface area contributed by atoms with Crippen LogP contribution in [-0.2, 0) is 14.3 Å². The molecule has 148 valence electrons. The summed E-state index contributed by atoms with van der Waals surface area (Å²) in [6.45, 7) is 0.497. The van der Waals surface area contributed by atoms with Gasteiger partial charge in [0.05, 0.1) is 12.6 Å². The van der Waals surface area contributed by atoms with Gasteiger partial charge in [0.2, 0.25) is 11.8 Å². The Morgan fingerprint density at radius 1 is 1.26 bits per heavy atom. The van der Waals surface area contributed by atoms with Gasteiger partial charge in [-0.25, -0.2) is 0 Å². The highest BCUT2D eigenvalue weighted by Crippen LogP contribution is 2.30. The zero-order valence-corrected chi connectivity index (χ0v) is 15.6. The maximum Gasteiger partial charge on any atom is 0.249 e. The number of carbonyl (C=O) groups excluding carboxylic acids is 2. The van der Waals surface area contributed by atoms with Crippen molar-refractivity contribution in [2.24, 2.45) is 11.7 Å². The lowest BCUT2D eigenvalue weighted by molar-refractivity contribution is -0.160. The first kappa shape index (κ1) is 19.8. The van der Waals surface area contributed by atoms with Gasteiger partial charge in [0, 0.05) is 25.2 Å². The molecule has 1 saturated heterocycles. The summed E-state index contributed by atoms with van der Waals surface area (Å²) < 4.78 is 5.69. The molecule has 0 spiro atoms. The number of carbonyl (C=O) groups is 2. The first-order chi connectivity index (χ1) is 13.1. The molecule has 1 saturated carbocycles. The molecule has 0 aromatic heterocycles. The van der Waals surface area contributed by atoms with Gasteiger partial charge in [0.15, 0.2) is 0 Å². The van der Waals surface area contributed by atoms with Gasteiger partial charge >= 0.3 is 0 Å². The second kappa shape index (κ2) is 9.30. The number of nitrogens with one attached hydrogen (secondary N) is 1. The lowest BCUT2D eigenvalue weighted by atomic mass is 9.99. The SMILES string of the molecule is NCCN1C(=O)CO[C@H](c2ccc(NC(=O)CC3CCCC3)cc2)[C@H]1CO. The Morgan fingerprint density at radius 2 is 1.96 bits per heavy atom. The van der Waals surface area contributed by atoms with Crippen molar-refractivity contribution in [1.82, 2.24) is 4.90 Å². The maximum absolute atomic E-state index is 12.2. The molecule has 2 atom stereocenters. The van der Waals surface area contributed by atoms with E-state index in [0.29, 0.717) is 25.4 Å². The summed E-state index contributed by atoms with van der Waals surface area (Å²) in [6.07, 6.45) is 4.91.